The fourth-order valence-electron chi connectivity index (χ4n) is 0.211. The first-order chi connectivity index (χ1) is 3.56. The van der Waals surface area contributed by atoms with Crippen molar-refractivity contribution in [3.63, 3.8) is 0 Å². The smallest absolute Gasteiger partial charge is 0.0294 e. The van der Waals surface area contributed by atoms with Crippen LogP contribution in [0.15, 0.2) is 4.40 Å². The molecule has 0 aliphatic heterocycles. The molecule has 0 fully saturated rings. The molecule has 0 spiro atoms. The van der Waals surface area contributed by atoms with E-state index in [1.165, 1.54) is 0 Å². The zero-order valence-electron chi connectivity index (χ0n) is 5.93. The maximum absolute atomic E-state index is 4.03. The van der Waals surface area contributed by atoms with Gasteiger partial charge >= 0.3 is 0 Å². The van der Waals surface area contributed by atoms with Crippen molar-refractivity contribution in [2.75, 3.05) is 0 Å². The molecule has 0 N–H and O–H groups in total. The molecule has 0 atom stereocenters. The van der Waals surface area contributed by atoms with Gasteiger partial charge in [0.2, 0.25) is 0 Å². The number of hydrogen-bond acceptors (Lipinski definition) is 2. The van der Waals surface area contributed by atoms with Crippen LogP contribution in [0, 0.1) is 0 Å². The van der Waals surface area contributed by atoms with Crippen molar-refractivity contribution in [3.8, 4) is 0 Å². The van der Waals surface area contributed by atoms with E-state index in [0.717, 1.165) is 0 Å². The maximum atomic E-state index is 4.03. The van der Waals surface area contributed by atoms with Crippen LogP contribution in [0.5, 0.6) is 0 Å². The SMILES string of the molecule is C/C=N/SC(C)(C)C. The Balaban J connectivity index is 3.39. The van der Waals surface area contributed by atoms with Gasteiger partial charge < -0.3 is 0 Å². The van der Waals surface area contributed by atoms with E-state index in [-0.39, 0.29) is 4.75 Å². The van der Waals surface area contributed by atoms with E-state index in [0.29, 0.717) is 0 Å². The summed E-state index contributed by atoms with van der Waals surface area (Å²) in [6, 6.07) is 0. The lowest BCUT2D eigenvalue weighted by Gasteiger charge is -2.11. The summed E-state index contributed by atoms with van der Waals surface area (Å²) < 4.78 is 4.31. The second kappa shape index (κ2) is 3.13. The Kier molecular flexibility index (Phi) is 3.13. The summed E-state index contributed by atoms with van der Waals surface area (Å²) in [6.45, 7) is 8.36. The zero-order valence-corrected chi connectivity index (χ0v) is 6.75. The van der Waals surface area contributed by atoms with Crippen molar-refractivity contribution in [1.29, 1.82) is 0 Å². The van der Waals surface area contributed by atoms with E-state index in [2.05, 4.69) is 25.2 Å². The van der Waals surface area contributed by atoms with Gasteiger partial charge in [-0.1, -0.05) is 0 Å². The highest BCUT2D eigenvalue weighted by Gasteiger charge is 2.08. The topological polar surface area (TPSA) is 12.4 Å². The van der Waals surface area contributed by atoms with Crippen LogP contribution in [0.25, 0.3) is 0 Å². The average Bonchev–Trinajstić information content (AvgIpc) is 1.59. The third-order valence-electron chi connectivity index (χ3n) is 0.432. The Hall–Kier alpha value is 0.0200. The Bertz CT molecular complexity index is 81.0. The normalized spacial score (nSPS) is 13.0. The molecule has 0 saturated heterocycles. The number of rotatable bonds is 1. The highest BCUT2D eigenvalue weighted by Crippen LogP contribution is 2.23. The minimum Gasteiger partial charge on any atom is -0.229 e. The van der Waals surface area contributed by atoms with Crippen molar-refractivity contribution in [2.45, 2.75) is 32.4 Å². The van der Waals surface area contributed by atoms with Gasteiger partial charge in [0, 0.05) is 11.0 Å². The van der Waals surface area contributed by atoms with Crippen LogP contribution in [0.2, 0.25) is 0 Å². The molecule has 0 aliphatic carbocycles. The highest BCUT2D eigenvalue weighted by atomic mass is 32.2. The van der Waals surface area contributed by atoms with Gasteiger partial charge in [-0.2, -0.15) is 0 Å². The zero-order chi connectivity index (χ0) is 6.62. The first-order valence-corrected chi connectivity index (χ1v) is 3.50. The molecular weight excluding hydrogens is 118 g/mol. The van der Waals surface area contributed by atoms with E-state index in [9.17, 15) is 0 Å². The summed E-state index contributed by atoms with van der Waals surface area (Å²) >= 11 is 1.60. The molecule has 2 heteroatoms. The van der Waals surface area contributed by atoms with Crippen LogP contribution in [0.3, 0.4) is 0 Å². The molecule has 0 aromatic heterocycles. The van der Waals surface area contributed by atoms with Crippen LogP contribution < -0.4 is 0 Å². The monoisotopic (exact) mass is 131 g/mol. The van der Waals surface area contributed by atoms with Gasteiger partial charge in [-0.3, -0.25) is 0 Å². The molecule has 48 valence electrons. The molecule has 0 aliphatic rings. The molecule has 0 saturated carbocycles. The lowest BCUT2D eigenvalue weighted by molar-refractivity contribution is 0.804. The molecule has 0 rings (SSSR count). The number of nitrogens with zero attached hydrogens (tertiary/aromatic N) is 1. The summed E-state index contributed by atoms with van der Waals surface area (Å²) in [5, 5.41) is 0. The Morgan fingerprint density at radius 3 is 2.00 bits per heavy atom. The molecular formula is C6H13NS. The van der Waals surface area contributed by atoms with Crippen LogP contribution in [-0.4, -0.2) is 11.0 Å². The van der Waals surface area contributed by atoms with E-state index >= 15 is 0 Å². The second-order valence-electron chi connectivity index (χ2n) is 2.57. The summed E-state index contributed by atoms with van der Waals surface area (Å²) in [5.41, 5.74) is 0. The fraction of sp³-hybridized carbons (Fsp3) is 0.833. The fourth-order valence-corrected chi connectivity index (χ4v) is 0.632. The molecule has 8 heavy (non-hydrogen) atoms. The second-order valence-corrected chi connectivity index (χ2v) is 4.19. The summed E-state index contributed by atoms with van der Waals surface area (Å²) in [6.07, 6.45) is 1.82. The molecule has 0 aromatic rings. The summed E-state index contributed by atoms with van der Waals surface area (Å²) in [4.78, 5) is 0. The van der Waals surface area contributed by atoms with E-state index < -0.39 is 0 Å². The quantitative estimate of drug-likeness (QED) is 0.393. The molecule has 0 unspecified atom stereocenters. The van der Waals surface area contributed by atoms with Gasteiger partial charge in [-0.05, 0) is 39.6 Å². The van der Waals surface area contributed by atoms with Gasteiger partial charge in [0.05, 0.1) is 0 Å². The van der Waals surface area contributed by atoms with Crippen LogP contribution in [-0.2, 0) is 0 Å². The van der Waals surface area contributed by atoms with Crippen molar-refractivity contribution < 1.29 is 0 Å². The third-order valence-corrected chi connectivity index (χ3v) is 1.30. The first kappa shape index (κ1) is 8.02. The Labute approximate surface area is 55.7 Å². The molecule has 1 nitrogen and oxygen atoms in total. The lowest BCUT2D eigenvalue weighted by Crippen LogP contribution is -2.04. The van der Waals surface area contributed by atoms with Crippen LogP contribution in [0.4, 0.5) is 0 Å². The van der Waals surface area contributed by atoms with Crippen molar-refractivity contribution in [1.82, 2.24) is 0 Å². The molecule has 0 heterocycles. The van der Waals surface area contributed by atoms with Gasteiger partial charge in [-0.25, -0.2) is 4.40 Å². The van der Waals surface area contributed by atoms with E-state index in [1.807, 2.05) is 13.1 Å². The van der Waals surface area contributed by atoms with Gasteiger partial charge in [0.25, 0.3) is 0 Å². The lowest BCUT2D eigenvalue weighted by atomic mass is 10.3. The van der Waals surface area contributed by atoms with Crippen LogP contribution in [0.1, 0.15) is 27.7 Å². The average molecular weight is 131 g/mol. The summed E-state index contributed by atoms with van der Waals surface area (Å²) in [7, 11) is 0. The van der Waals surface area contributed by atoms with Crippen molar-refractivity contribution >= 4 is 18.2 Å². The van der Waals surface area contributed by atoms with Gasteiger partial charge in [0.15, 0.2) is 0 Å². The standard InChI is InChI=1S/C6H13NS/c1-5-7-8-6(2,3)4/h5H,1-4H3/b7-5+. The van der Waals surface area contributed by atoms with Crippen LogP contribution >= 0.6 is 11.9 Å². The first-order valence-electron chi connectivity index (χ1n) is 2.72. The van der Waals surface area contributed by atoms with Gasteiger partial charge in [0.1, 0.15) is 0 Å². The molecule has 0 radical (unpaired) electrons. The third kappa shape index (κ3) is 6.02. The van der Waals surface area contributed by atoms with Gasteiger partial charge in [-0.15, -0.1) is 0 Å². The van der Waals surface area contributed by atoms with Crippen molar-refractivity contribution in [3.05, 3.63) is 0 Å². The Morgan fingerprint density at radius 2 is 1.88 bits per heavy atom. The maximum Gasteiger partial charge on any atom is 0.0294 e. The number of hydrogen-bond donors (Lipinski definition) is 0. The highest BCUT2D eigenvalue weighted by molar-refractivity contribution is 7.99. The predicted octanol–water partition coefficient (Wildman–Crippen LogP) is 2.52. The largest absolute Gasteiger partial charge is 0.229 e. The molecule has 0 aromatic carbocycles. The molecule has 0 bridgehead atoms. The Morgan fingerprint density at radius 1 is 1.38 bits per heavy atom. The van der Waals surface area contributed by atoms with E-state index in [4.69, 9.17) is 0 Å². The van der Waals surface area contributed by atoms with E-state index in [1.54, 1.807) is 11.9 Å². The molecule has 0 amide bonds. The van der Waals surface area contributed by atoms with Crippen molar-refractivity contribution in [2.24, 2.45) is 4.40 Å². The predicted molar refractivity (Wildman–Crippen MR) is 41.5 cm³/mol. The summed E-state index contributed by atoms with van der Waals surface area (Å²) in [5.74, 6) is 0. The minimum absolute atomic E-state index is 0.270. The minimum atomic E-state index is 0.270.